The molecule has 0 atom stereocenters. The molecule has 0 radical (unpaired) electrons. The Bertz CT molecular complexity index is 500. The number of benzene rings is 1. The van der Waals surface area contributed by atoms with Crippen molar-refractivity contribution < 1.29 is 9.58 Å². The summed E-state index contributed by atoms with van der Waals surface area (Å²) in [7, 11) is 0. The molecular formula is C14H14N2O. The molecule has 0 aliphatic heterocycles. The Hall–Kier alpha value is -2.17. The van der Waals surface area contributed by atoms with E-state index in [1.54, 1.807) is 0 Å². The Balaban J connectivity index is 2.76. The fourth-order valence-corrected chi connectivity index (χ4v) is 1.35. The van der Waals surface area contributed by atoms with Crippen LogP contribution in [0.1, 0.15) is 25.8 Å². The van der Waals surface area contributed by atoms with Gasteiger partial charge in [-0.05, 0) is 26.0 Å². The molecule has 0 saturated carbocycles. The normalized spacial score (nSPS) is 9.76. The smallest absolute Gasteiger partial charge is 0.323 e. The molecule has 1 aromatic rings. The van der Waals surface area contributed by atoms with E-state index in [4.69, 9.17) is 5.53 Å². The van der Waals surface area contributed by atoms with Crippen molar-refractivity contribution in [1.29, 1.82) is 0 Å². The summed E-state index contributed by atoms with van der Waals surface area (Å²) in [5, 5.41) is 0. The highest BCUT2D eigenvalue weighted by Gasteiger charge is 2.20. The summed E-state index contributed by atoms with van der Waals surface area (Å²) in [6.45, 7) is 3.76. The maximum absolute atomic E-state index is 11.3. The zero-order chi connectivity index (χ0) is 12.7. The first-order valence-corrected chi connectivity index (χ1v) is 5.32. The van der Waals surface area contributed by atoms with Gasteiger partial charge in [0.1, 0.15) is 0 Å². The van der Waals surface area contributed by atoms with E-state index in [0.29, 0.717) is 0 Å². The standard InChI is InChI=1S/C14H14N2O/c1-14(2,10-13(17)11-16-15)9-8-12-6-4-3-5-7-12/h3-7,11H,10H2,1-2H3. The largest absolute Gasteiger partial charge is 0.361 e. The number of hydrogen-bond acceptors (Lipinski definition) is 1. The summed E-state index contributed by atoms with van der Waals surface area (Å²) in [5.74, 6) is 5.84. The molecule has 0 saturated heterocycles. The third-order valence-electron chi connectivity index (χ3n) is 2.14. The molecule has 0 spiro atoms. The van der Waals surface area contributed by atoms with Gasteiger partial charge in [0.2, 0.25) is 5.78 Å². The number of ketones is 1. The number of hydrogen-bond donors (Lipinski definition) is 0. The summed E-state index contributed by atoms with van der Waals surface area (Å²) in [6, 6.07) is 9.60. The van der Waals surface area contributed by atoms with Gasteiger partial charge in [-0.2, -0.15) is 4.79 Å². The van der Waals surface area contributed by atoms with Crippen LogP contribution in [0.2, 0.25) is 0 Å². The van der Waals surface area contributed by atoms with Crippen LogP contribution in [-0.2, 0) is 4.79 Å². The summed E-state index contributed by atoms with van der Waals surface area (Å²) >= 11 is 0. The average Bonchev–Trinajstić information content (AvgIpc) is 2.27. The molecule has 17 heavy (non-hydrogen) atoms. The third-order valence-corrected chi connectivity index (χ3v) is 2.14. The summed E-state index contributed by atoms with van der Waals surface area (Å²) in [4.78, 5) is 14.0. The molecular weight excluding hydrogens is 212 g/mol. The van der Waals surface area contributed by atoms with Crippen LogP contribution in [0.4, 0.5) is 0 Å². The van der Waals surface area contributed by atoms with Crippen molar-refractivity contribution in [1.82, 2.24) is 0 Å². The fraction of sp³-hybridized carbons (Fsp3) is 0.286. The molecule has 0 bridgehead atoms. The van der Waals surface area contributed by atoms with Crippen LogP contribution in [-0.4, -0.2) is 16.8 Å². The maximum Gasteiger partial charge on any atom is 0.323 e. The first-order valence-electron chi connectivity index (χ1n) is 5.32. The van der Waals surface area contributed by atoms with E-state index in [9.17, 15) is 4.79 Å². The van der Waals surface area contributed by atoms with Crippen molar-refractivity contribution >= 4 is 12.0 Å². The topological polar surface area (TPSA) is 53.5 Å². The van der Waals surface area contributed by atoms with Crippen LogP contribution in [0.5, 0.6) is 0 Å². The predicted octanol–water partition coefficient (Wildman–Crippen LogP) is 2.32. The Kier molecular flexibility index (Phi) is 4.39. The van der Waals surface area contributed by atoms with Crippen molar-refractivity contribution in [3.8, 4) is 11.8 Å². The Morgan fingerprint density at radius 1 is 1.41 bits per heavy atom. The van der Waals surface area contributed by atoms with Gasteiger partial charge in [0.25, 0.3) is 0 Å². The van der Waals surface area contributed by atoms with Crippen LogP contribution in [0.3, 0.4) is 0 Å². The lowest BCUT2D eigenvalue weighted by molar-refractivity contribution is -0.117. The lowest BCUT2D eigenvalue weighted by atomic mass is 9.88. The van der Waals surface area contributed by atoms with Crippen molar-refractivity contribution in [2.24, 2.45) is 5.41 Å². The van der Waals surface area contributed by atoms with E-state index in [1.807, 2.05) is 44.2 Å². The third kappa shape index (κ3) is 4.92. The maximum atomic E-state index is 11.3. The predicted molar refractivity (Wildman–Crippen MR) is 66.4 cm³/mol. The van der Waals surface area contributed by atoms with Gasteiger partial charge in [0.15, 0.2) is 0 Å². The first-order chi connectivity index (χ1) is 8.03. The zero-order valence-corrected chi connectivity index (χ0v) is 9.97. The van der Waals surface area contributed by atoms with Crippen LogP contribution in [0.25, 0.3) is 5.53 Å². The van der Waals surface area contributed by atoms with Crippen molar-refractivity contribution in [2.75, 3.05) is 0 Å². The van der Waals surface area contributed by atoms with Gasteiger partial charge in [0.05, 0.1) is 0 Å². The van der Waals surface area contributed by atoms with Crippen molar-refractivity contribution in [2.45, 2.75) is 20.3 Å². The van der Waals surface area contributed by atoms with Gasteiger partial charge in [-0.1, -0.05) is 30.0 Å². The minimum atomic E-state index is -0.436. The van der Waals surface area contributed by atoms with E-state index in [1.165, 1.54) is 0 Å². The highest BCUT2D eigenvalue weighted by Crippen LogP contribution is 2.18. The lowest BCUT2D eigenvalue weighted by Gasteiger charge is -2.13. The molecule has 0 aliphatic carbocycles. The molecule has 0 unspecified atom stereocenters. The Labute approximate surface area is 101 Å². The van der Waals surface area contributed by atoms with E-state index < -0.39 is 5.41 Å². The molecule has 0 fully saturated rings. The minimum Gasteiger partial charge on any atom is -0.361 e. The second-order valence-electron chi connectivity index (χ2n) is 4.39. The molecule has 1 aromatic carbocycles. The van der Waals surface area contributed by atoms with Crippen LogP contribution in [0, 0.1) is 17.3 Å². The summed E-state index contributed by atoms with van der Waals surface area (Å²) in [5.41, 5.74) is 8.74. The lowest BCUT2D eigenvalue weighted by Crippen LogP contribution is -2.16. The van der Waals surface area contributed by atoms with Gasteiger partial charge >= 0.3 is 6.21 Å². The highest BCUT2D eigenvalue weighted by atomic mass is 16.1. The van der Waals surface area contributed by atoms with E-state index in [2.05, 4.69) is 16.6 Å². The number of rotatable bonds is 3. The van der Waals surface area contributed by atoms with Gasteiger partial charge in [-0.3, -0.25) is 4.79 Å². The Morgan fingerprint density at radius 3 is 2.65 bits per heavy atom. The minimum absolute atomic E-state index is 0.233. The zero-order valence-electron chi connectivity index (χ0n) is 9.97. The quantitative estimate of drug-likeness (QED) is 0.338. The summed E-state index contributed by atoms with van der Waals surface area (Å²) < 4.78 is 0. The van der Waals surface area contributed by atoms with Crippen LogP contribution >= 0.6 is 0 Å². The molecule has 0 aromatic heterocycles. The molecule has 0 aliphatic rings. The van der Waals surface area contributed by atoms with Gasteiger partial charge in [-0.25, -0.2) is 0 Å². The van der Waals surface area contributed by atoms with Gasteiger partial charge in [0, 0.05) is 17.4 Å². The second-order valence-corrected chi connectivity index (χ2v) is 4.39. The van der Waals surface area contributed by atoms with E-state index in [-0.39, 0.29) is 12.2 Å². The summed E-state index contributed by atoms with van der Waals surface area (Å²) in [6.07, 6.45) is 1.14. The highest BCUT2D eigenvalue weighted by molar-refractivity contribution is 6.25. The fourth-order valence-electron chi connectivity index (χ4n) is 1.35. The van der Waals surface area contributed by atoms with Crippen LogP contribution < -0.4 is 0 Å². The molecule has 0 heterocycles. The molecule has 86 valence electrons. The monoisotopic (exact) mass is 226 g/mol. The number of carbonyl (C=O) groups is 1. The second kappa shape index (κ2) is 5.79. The number of carbonyl (C=O) groups excluding carboxylic acids is 1. The van der Waals surface area contributed by atoms with E-state index in [0.717, 1.165) is 11.8 Å². The first kappa shape index (κ1) is 12.9. The van der Waals surface area contributed by atoms with Gasteiger partial charge in [-0.15, -0.1) is 0 Å². The molecule has 0 N–H and O–H groups in total. The molecule has 3 nitrogen and oxygen atoms in total. The molecule has 0 amide bonds. The van der Waals surface area contributed by atoms with Gasteiger partial charge < -0.3 is 5.53 Å². The SMILES string of the molecule is CC(C)(C#Cc1ccccc1)CC(=O)C=[N+]=[N-]. The van der Waals surface area contributed by atoms with Crippen molar-refractivity contribution in [3.63, 3.8) is 0 Å². The molecule has 3 heteroatoms. The number of nitrogens with zero attached hydrogens (tertiary/aromatic N) is 2. The van der Waals surface area contributed by atoms with Crippen molar-refractivity contribution in [3.05, 3.63) is 41.4 Å². The Morgan fingerprint density at radius 2 is 2.06 bits per heavy atom. The average molecular weight is 226 g/mol. The molecule has 1 rings (SSSR count). The van der Waals surface area contributed by atoms with E-state index >= 15 is 0 Å². The van der Waals surface area contributed by atoms with Crippen LogP contribution in [0.15, 0.2) is 30.3 Å². The number of Topliss-reactive ketones (excluding diaryl/α,β-unsaturated/α-hetero) is 1.